The Balaban J connectivity index is 2.35. The monoisotopic (exact) mass is 244 g/mol. The van der Waals surface area contributed by atoms with E-state index in [1.807, 2.05) is 6.92 Å². The fourth-order valence-electron chi connectivity index (χ4n) is 1.87. The molecular formula is C11H20N2O2S. The molecule has 3 N–H and O–H groups in total. The summed E-state index contributed by atoms with van der Waals surface area (Å²) in [7, 11) is 1.69. The van der Waals surface area contributed by atoms with Crippen LogP contribution in [0.2, 0.25) is 0 Å². The number of rotatable bonds is 6. The van der Waals surface area contributed by atoms with Gasteiger partial charge in [0.15, 0.2) is 0 Å². The number of carbonyl (C=O) groups is 1. The summed E-state index contributed by atoms with van der Waals surface area (Å²) in [6.45, 7) is 2.02. The van der Waals surface area contributed by atoms with Crippen LogP contribution in [0.25, 0.3) is 0 Å². The topological polar surface area (TPSA) is 64.3 Å². The van der Waals surface area contributed by atoms with Gasteiger partial charge in [0, 0.05) is 13.2 Å². The van der Waals surface area contributed by atoms with E-state index < -0.39 is 0 Å². The number of thiocarbonyl (C=S) groups is 1. The van der Waals surface area contributed by atoms with Crippen molar-refractivity contribution in [1.29, 1.82) is 0 Å². The third-order valence-electron chi connectivity index (χ3n) is 3.01. The van der Waals surface area contributed by atoms with Gasteiger partial charge in [0.05, 0.1) is 17.0 Å². The van der Waals surface area contributed by atoms with E-state index in [0.717, 1.165) is 25.7 Å². The first-order chi connectivity index (χ1) is 7.58. The highest BCUT2D eigenvalue weighted by Gasteiger charge is 2.32. The van der Waals surface area contributed by atoms with Crippen LogP contribution in [-0.2, 0) is 9.53 Å². The van der Waals surface area contributed by atoms with Gasteiger partial charge in [-0.3, -0.25) is 4.79 Å². The third-order valence-corrected chi connectivity index (χ3v) is 3.30. The molecule has 5 heteroatoms. The zero-order valence-corrected chi connectivity index (χ0v) is 10.7. The Morgan fingerprint density at radius 1 is 1.62 bits per heavy atom. The Labute approximate surface area is 102 Å². The highest BCUT2D eigenvalue weighted by molar-refractivity contribution is 7.80. The van der Waals surface area contributed by atoms with Gasteiger partial charge in [-0.1, -0.05) is 25.6 Å². The number of nitrogens with two attached hydrogens (primary N) is 1. The van der Waals surface area contributed by atoms with Gasteiger partial charge < -0.3 is 15.8 Å². The Hall–Kier alpha value is -0.680. The van der Waals surface area contributed by atoms with Gasteiger partial charge >= 0.3 is 0 Å². The van der Waals surface area contributed by atoms with E-state index in [1.54, 1.807) is 7.11 Å². The van der Waals surface area contributed by atoms with Crippen molar-refractivity contribution in [3.05, 3.63) is 0 Å². The molecule has 0 aromatic heterocycles. The molecule has 1 fully saturated rings. The molecule has 1 aliphatic carbocycles. The van der Waals surface area contributed by atoms with Crippen molar-refractivity contribution in [2.75, 3.05) is 7.11 Å². The van der Waals surface area contributed by atoms with Gasteiger partial charge in [-0.25, -0.2) is 0 Å². The van der Waals surface area contributed by atoms with Crippen LogP contribution in [0.3, 0.4) is 0 Å². The predicted octanol–water partition coefficient (Wildman–Crippen LogP) is 0.982. The lowest BCUT2D eigenvalue weighted by Gasteiger charge is -2.35. The summed E-state index contributed by atoms with van der Waals surface area (Å²) in [6.07, 6.45) is 3.69. The third kappa shape index (κ3) is 3.42. The summed E-state index contributed by atoms with van der Waals surface area (Å²) in [5.74, 6) is -0.351. The second-order valence-electron chi connectivity index (χ2n) is 4.28. The average molecular weight is 244 g/mol. The van der Waals surface area contributed by atoms with Crippen molar-refractivity contribution in [1.82, 2.24) is 5.32 Å². The molecule has 0 bridgehead atoms. The number of ether oxygens (including phenoxy) is 1. The predicted molar refractivity (Wildman–Crippen MR) is 67.1 cm³/mol. The van der Waals surface area contributed by atoms with E-state index in [-0.39, 0.29) is 17.9 Å². The second kappa shape index (κ2) is 6.15. The smallest absolute Gasteiger partial charge is 0.230 e. The summed E-state index contributed by atoms with van der Waals surface area (Å²) in [6, 6.07) is 0.228. The van der Waals surface area contributed by atoms with Gasteiger partial charge in [0.25, 0.3) is 0 Å². The number of methoxy groups -OCH3 is 1. The lowest BCUT2D eigenvalue weighted by Crippen LogP contribution is -2.50. The standard InChI is InChI=1S/C11H20N2O2S/c1-3-4-9(10(12)16)11(14)13-7-5-8(6-7)15-2/h7-9H,3-6H2,1-2H3,(H2,12,16)(H,13,14). The zero-order valence-electron chi connectivity index (χ0n) is 9.86. The molecule has 1 aliphatic rings. The Bertz CT molecular complexity index is 265. The van der Waals surface area contributed by atoms with Gasteiger partial charge in [-0.15, -0.1) is 0 Å². The maximum absolute atomic E-state index is 11.9. The van der Waals surface area contributed by atoms with Crippen LogP contribution in [0.15, 0.2) is 0 Å². The molecular weight excluding hydrogens is 224 g/mol. The van der Waals surface area contributed by atoms with Crippen molar-refractivity contribution in [2.24, 2.45) is 11.7 Å². The van der Waals surface area contributed by atoms with E-state index in [4.69, 9.17) is 22.7 Å². The van der Waals surface area contributed by atoms with Crippen LogP contribution in [0.4, 0.5) is 0 Å². The quantitative estimate of drug-likeness (QED) is 0.684. The van der Waals surface area contributed by atoms with Crippen LogP contribution < -0.4 is 11.1 Å². The van der Waals surface area contributed by atoms with Crippen LogP contribution >= 0.6 is 12.2 Å². The number of carbonyl (C=O) groups excluding carboxylic acids is 1. The van der Waals surface area contributed by atoms with Gasteiger partial charge in [-0.2, -0.15) is 0 Å². The number of hydrogen-bond donors (Lipinski definition) is 2. The molecule has 0 heterocycles. The highest BCUT2D eigenvalue weighted by atomic mass is 32.1. The minimum absolute atomic E-state index is 0.0334. The molecule has 0 spiro atoms. The number of nitrogens with one attached hydrogen (secondary N) is 1. The summed E-state index contributed by atoms with van der Waals surface area (Å²) in [5, 5.41) is 2.96. The van der Waals surface area contributed by atoms with Crippen molar-refractivity contribution in [3.8, 4) is 0 Å². The largest absolute Gasteiger partial charge is 0.393 e. The Morgan fingerprint density at radius 2 is 2.25 bits per heavy atom. The van der Waals surface area contributed by atoms with Crippen molar-refractivity contribution < 1.29 is 9.53 Å². The summed E-state index contributed by atoms with van der Waals surface area (Å²) in [4.78, 5) is 12.1. The van der Waals surface area contributed by atoms with Crippen molar-refractivity contribution in [3.63, 3.8) is 0 Å². The molecule has 16 heavy (non-hydrogen) atoms. The van der Waals surface area contributed by atoms with E-state index in [9.17, 15) is 4.79 Å². The molecule has 0 aromatic rings. The number of hydrogen-bond acceptors (Lipinski definition) is 3. The summed E-state index contributed by atoms with van der Waals surface area (Å²) in [5.41, 5.74) is 5.56. The van der Waals surface area contributed by atoms with Crippen molar-refractivity contribution in [2.45, 2.75) is 44.8 Å². The minimum atomic E-state index is -0.318. The molecule has 1 unspecified atom stereocenters. The van der Waals surface area contributed by atoms with E-state index in [1.165, 1.54) is 0 Å². The molecule has 4 nitrogen and oxygen atoms in total. The van der Waals surface area contributed by atoms with E-state index in [0.29, 0.717) is 11.1 Å². The lowest BCUT2D eigenvalue weighted by atomic mass is 9.88. The van der Waals surface area contributed by atoms with Gasteiger partial charge in [-0.05, 0) is 19.3 Å². The Morgan fingerprint density at radius 3 is 2.69 bits per heavy atom. The molecule has 92 valence electrons. The van der Waals surface area contributed by atoms with Crippen LogP contribution in [0.1, 0.15) is 32.6 Å². The maximum Gasteiger partial charge on any atom is 0.230 e. The lowest BCUT2D eigenvalue weighted by molar-refractivity contribution is -0.125. The highest BCUT2D eigenvalue weighted by Crippen LogP contribution is 2.23. The number of amides is 1. The van der Waals surface area contributed by atoms with E-state index >= 15 is 0 Å². The van der Waals surface area contributed by atoms with Crippen LogP contribution in [0.5, 0.6) is 0 Å². The Kier molecular flexibility index (Phi) is 5.15. The molecule has 1 atom stereocenters. The fraction of sp³-hybridized carbons (Fsp3) is 0.818. The maximum atomic E-state index is 11.9. The van der Waals surface area contributed by atoms with Crippen LogP contribution in [0, 0.1) is 5.92 Å². The average Bonchev–Trinajstić information content (AvgIpc) is 2.18. The normalized spacial score (nSPS) is 25.6. The summed E-state index contributed by atoms with van der Waals surface area (Å²) >= 11 is 4.90. The first-order valence-electron chi connectivity index (χ1n) is 5.71. The molecule has 1 rings (SSSR count). The fourth-order valence-corrected chi connectivity index (χ4v) is 2.09. The van der Waals surface area contributed by atoms with Crippen molar-refractivity contribution >= 4 is 23.1 Å². The van der Waals surface area contributed by atoms with Gasteiger partial charge in [0.1, 0.15) is 0 Å². The van der Waals surface area contributed by atoms with Gasteiger partial charge in [0.2, 0.25) is 5.91 Å². The van der Waals surface area contributed by atoms with Crippen LogP contribution in [-0.4, -0.2) is 30.2 Å². The SMILES string of the molecule is CCCC(C(=O)NC1CC(OC)C1)C(N)=S. The molecule has 0 aliphatic heterocycles. The molecule has 0 aromatic carbocycles. The first-order valence-corrected chi connectivity index (χ1v) is 6.11. The molecule has 0 saturated heterocycles. The summed E-state index contributed by atoms with van der Waals surface area (Å²) < 4.78 is 5.15. The first kappa shape index (κ1) is 13.4. The molecule has 1 amide bonds. The minimum Gasteiger partial charge on any atom is -0.393 e. The van der Waals surface area contributed by atoms with E-state index in [2.05, 4.69) is 5.32 Å². The molecule has 1 saturated carbocycles. The zero-order chi connectivity index (χ0) is 12.1. The second-order valence-corrected chi connectivity index (χ2v) is 4.75. The molecule has 0 radical (unpaired) electrons.